The first kappa shape index (κ1) is 24.1. The molecular weight excluding hydrogens is 501 g/mol. The van der Waals surface area contributed by atoms with E-state index >= 15 is 0 Å². The highest BCUT2D eigenvalue weighted by Gasteiger charge is 2.48. The average Bonchev–Trinajstić information content (AvgIpc) is 3.41. The van der Waals surface area contributed by atoms with E-state index in [1.54, 1.807) is 25.1 Å². The van der Waals surface area contributed by atoms with Crippen molar-refractivity contribution in [1.82, 2.24) is 4.98 Å². The number of nitro benzene ring substituents is 1. The number of halogens is 1. The van der Waals surface area contributed by atoms with E-state index in [9.17, 15) is 29.2 Å². The lowest BCUT2D eigenvalue weighted by molar-refractivity contribution is -0.384. The predicted octanol–water partition coefficient (Wildman–Crippen LogP) is 5.37. The van der Waals surface area contributed by atoms with Crippen LogP contribution >= 0.6 is 11.3 Å². The smallest absolute Gasteiger partial charge is 0.301 e. The molecule has 1 atom stereocenters. The highest BCUT2D eigenvalue weighted by atomic mass is 32.1. The molecule has 5 rings (SSSR count). The van der Waals surface area contributed by atoms with E-state index in [0.717, 1.165) is 16.2 Å². The van der Waals surface area contributed by atoms with E-state index in [1.165, 1.54) is 48.5 Å². The molecule has 11 heteroatoms. The fourth-order valence-corrected chi connectivity index (χ4v) is 5.22. The maximum absolute atomic E-state index is 13.8. The van der Waals surface area contributed by atoms with Crippen molar-refractivity contribution in [1.29, 1.82) is 0 Å². The number of aliphatic hydroxyl groups excluding tert-OH is 1. The summed E-state index contributed by atoms with van der Waals surface area (Å²) in [4.78, 5) is 43.0. The summed E-state index contributed by atoms with van der Waals surface area (Å²) in [6, 6.07) is 14.6. The number of fused-ring (bicyclic) bond motifs is 1. The van der Waals surface area contributed by atoms with Crippen molar-refractivity contribution >= 4 is 49.8 Å². The number of rotatable bonds is 6. The van der Waals surface area contributed by atoms with Crippen LogP contribution in [0.4, 0.5) is 15.2 Å². The van der Waals surface area contributed by atoms with Crippen LogP contribution < -0.4 is 9.64 Å². The summed E-state index contributed by atoms with van der Waals surface area (Å²) in [5, 5.41) is 22.8. The second-order valence-corrected chi connectivity index (χ2v) is 9.10. The van der Waals surface area contributed by atoms with Gasteiger partial charge in [0.25, 0.3) is 11.5 Å². The molecule has 4 aromatic rings. The number of carbonyl (C=O) groups excluding carboxylic acids is 2. The first-order valence-electron chi connectivity index (χ1n) is 11.1. The Labute approximate surface area is 213 Å². The maximum Gasteiger partial charge on any atom is 0.301 e. The third-order valence-electron chi connectivity index (χ3n) is 5.80. The summed E-state index contributed by atoms with van der Waals surface area (Å²) in [7, 11) is 0. The number of amides is 1. The van der Waals surface area contributed by atoms with Gasteiger partial charge in [-0.2, -0.15) is 0 Å². The molecule has 1 aromatic heterocycles. The second kappa shape index (κ2) is 9.43. The number of Topliss-reactive ketones (excluding diaryl/α,β-unsaturated/α-hetero) is 1. The van der Waals surface area contributed by atoms with Crippen LogP contribution in [0.5, 0.6) is 5.75 Å². The van der Waals surface area contributed by atoms with Gasteiger partial charge in [0.05, 0.1) is 33.4 Å². The van der Waals surface area contributed by atoms with Gasteiger partial charge in [-0.05, 0) is 42.8 Å². The van der Waals surface area contributed by atoms with Gasteiger partial charge >= 0.3 is 5.91 Å². The number of hydrogen-bond acceptors (Lipinski definition) is 8. The van der Waals surface area contributed by atoms with Crippen molar-refractivity contribution in [2.75, 3.05) is 11.5 Å². The molecule has 9 nitrogen and oxygen atoms in total. The molecule has 0 aliphatic carbocycles. The van der Waals surface area contributed by atoms with Crippen molar-refractivity contribution in [3.63, 3.8) is 0 Å². The monoisotopic (exact) mass is 519 g/mol. The Hall–Kier alpha value is -4.64. The summed E-state index contributed by atoms with van der Waals surface area (Å²) in [6.07, 6.45) is 0. The van der Waals surface area contributed by atoms with Gasteiger partial charge in [0.15, 0.2) is 5.13 Å². The molecule has 37 heavy (non-hydrogen) atoms. The highest BCUT2D eigenvalue weighted by molar-refractivity contribution is 7.22. The van der Waals surface area contributed by atoms with Gasteiger partial charge in [-0.15, -0.1) is 0 Å². The summed E-state index contributed by atoms with van der Waals surface area (Å²) < 4.78 is 19.7. The first-order valence-corrected chi connectivity index (χ1v) is 11.9. The van der Waals surface area contributed by atoms with Crippen molar-refractivity contribution in [2.45, 2.75) is 13.0 Å². The van der Waals surface area contributed by atoms with Crippen molar-refractivity contribution in [3.8, 4) is 5.75 Å². The number of thiazole rings is 1. The molecule has 1 fully saturated rings. The standard InChI is InChI=1S/C26H18FN3O6S/c1-2-36-18-8-4-6-15(12-18)23(31)21-22(14-5-3-7-17(11-14)30(34)35)29(25(33)24(21)32)26-28-19-10-9-16(27)13-20(19)37-26/h3-13,22,31H,2H2,1H3. The summed E-state index contributed by atoms with van der Waals surface area (Å²) in [5.41, 5.74) is 0.343. The summed E-state index contributed by atoms with van der Waals surface area (Å²) >= 11 is 0.986. The summed E-state index contributed by atoms with van der Waals surface area (Å²) in [5.74, 6) is -2.47. The number of anilines is 1. The van der Waals surface area contributed by atoms with Gasteiger partial charge in [-0.25, -0.2) is 9.37 Å². The zero-order valence-corrected chi connectivity index (χ0v) is 20.1. The average molecular weight is 520 g/mol. The minimum atomic E-state index is -1.22. The lowest BCUT2D eigenvalue weighted by Crippen LogP contribution is -2.29. The number of hydrogen-bond donors (Lipinski definition) is 1. The van der Waals surface area contributed by atoms with Crippen LogP contribution in [-0.4, -0.2) is 33.3 Å². The van der Waals surface area contributed by atoms with Gasteiger partial charge in [-0.1, -0.05) is 35.6 Å². The second-order valence-electron chi connectivity index (χ2n) is 8.09. The van der Waals surface area contributed by atoms with E-state index in [-0.39, 0.29) is 27.5 Å². The van der Waals surface area contributed by atoms with Crippen LogP contribution in [0, 0.1) is 15.9 Å². The molecule has 0 spiro atoms. The molecule has 1 saturated heterocycles. The van der Waals surface area contributed by atoms with Crippen LogP contribution in [0.25, 0.3) is 16.0 Å². The van der Waals surface area contributed by atoms with Gasteiger partial charge in [0.2, 0.25) is 0 Å². The van der Waals surface area contributed by atoms with E-state index in [1.807, 2.05) is 0 Å². The number of aliphatic hydroxyl groups is 1. The quantitative estimate of drug-likeness (QED) is 0.119. The molecule has 186 valence electrons. The number of ketones is 1. The SMILES string of the molecule is CCOc1cccc(C(O)=C2C(=O)C(=O)N(c3nc4ccc(F)cc4s3)C2c2cccc([N+](=O)[O-])c2)c1. The number of nitro groups is 1. The number of aromatic nitrogens is 1. The highest BCUT2D eigenvalue weighted by Crippen LogP contribution is 2.45. The van der Waals surface area contributed by atoms with Gasteiger partial charge < -0.3 is 9.84 Å². The van der Waals surface area contributed by atoms with Crippen molar-refractivity contribution in [3.05, 3.63) is 99.4 Å². The molecule has 0 saturated carbocycles. The van der Waals surface area contributed by atoms with Crippen LogP contribution in [0.1, 0.15) is 24.1 Å². The Bertz CT molecular complexity index is 1610. The Morgan fingerprint density at radius 1 is 1.16 bits per heavy atom. The minimum Gasteiger partial charge on any atom is -0.507 e. The molecular formula is C26H18FN3O6S. The Morgan fingerprint density at radius 3 is 2.70 bits per heavy atom. The molecule has 1 unspecified atom stereocenters. The minimum absolute atomic E-state index is 0.0846. The van der Waals surface area contributed by atoms with Crippen molar-refractivity contribution < 1.29 is 28.7 Å². The van der Waals surface area contributed by atoms with Gasteiger partial charge in [-0.3, -0.25) is 24.6 Å². The Morgan fingerprint density at radius 2 is 1.95 bits per heavy atom. The number of carbonyl (C=O) groups is 2. The molecule has 2 heterocycles. The molecule has 0 radical (unpaired) electrons. The van der Waals surface area contributed by atoms with Crippen LogP contribution in [-0.2, 0) is 9.59 Å². The molecule has 3 aromatic carbocycles. The first-order chi connectivity index (χ1) is 17.8. The van der Waals surface area contributed by atoms with E-state index in [2.05, 4.69) is 4.98 Å². The number of benzene rings is 3. The number of non-ortho nitro benzene ring substituents is 1. The van der Waals surface area contributed by atoms with Crippen molar-refractivity contribution in [2.24, 2.45) is 0 Å². The lowest BCUT2D eigenvalue weighted by Gasteiger charge is -2.22. The normalized spacial score (nSPS) is 16.9. The molecule has 1 N–H and O–H groups in total. The Kier molecular flexibility index (Phi) is 6.14. The zero-order valence-electron chi connectivity index (χ0n) is 19.3. The number of nitrogens with zero attached hydrogens (tertiary/aromatic N) is 3. The lowest BCUT2D eigenvalue weighted by atomic mass is 9.95. The van der Waals surface area contributed by atoms with Crippen LogP contribution in [0.2, 0.25) is 0 Å². The topological polar surface area (TPSA) is 123 Å². The third-order valence-corrected chi connectivity index (χ3v) is 6.82. The largest absolute Gasteiger partial charge is 0.507 e. The van der Waals surface area contributed by atoms with E-state index < -0.39 is 34.2 Å². The van der Waals surface area contributed by atoms with Gasteiger partial charge in [0, 0.05) is 17.7 Å². The van der Waals surface area contributed by atoms with Crippen LogP contribution in [0.15, 0.2) is 72.3 Å². The van der Waals surface area contributed by atoms with Crippen LogP contribution in [0.3, 0.4) is 0 Å². The third kappa shape index (κ3) is 4.29. The van der Waals surface area contributed by atoms with Gasteiger partial charge in [0.1, 0.15) is 17.3 Å². The fourth-order valence-electron chi connectivity index (χ4n) is 4.20. The zero-order chi connectivity index (χ0) is 26.3. The molecule has 0 bridgehead atoms. The summed E-state index contributed by atoms with van der Waals surface area (Å²) in [6.45, 7) is 2.17. The maximum atomic E-state index is 13.8. The fraction of sp³-hybridized carbons (Fsp3) is 0.115. The van der Waals surface area contributed by atoms with E-state index in [4.69, 9.17) is 4.74 Å². The Balaban J connectivity index is 1.73. The molecule has 1 amide bonds. The molecule has 1 aliphatic heterocycles. The number of ether oxygens (including phenoxy) is 1. The molecule has 1 aliphatic rings. The van der Waals surface area contributed by atoms with E-state index in [0.29, 0.717) is 22.6 Å². The predicted molar refractivity (Wildman–Crippen MR) is 135 cm³/mol.